The monoisotopic (exact) mass is 541 g/mol. The van der Waals surface area contributed by atoms with Gasteiger partial charge in [0, 0.05) is 5.56 Å². The van der Waals surface area contributed by atoms with Gasteiger partial charge in [-0.15, -0.1) is 0 Å². The van der Waals surface area contributed by atoms with E-state index in [9.17, 15) is 9.59 Å². The molecular weight excluding hydrogens is 518 g/mol. The number of amides is 2. The number of carbonyl (C=O) groups excluding carboxylic acids is 2. The molecule has 34 heavy (non-hydrogen) atoms. The van der Waals surface area contributed by atoms with Crippen LogP contribution >= 0.6 is 28.1 Å². The smallest absolute Gasteiger partial charge is 0.273 e. The largest absolute Gasteiger partial charge is 0.492 e. The Labute approximate surface area is 211 Å². The van der Waals surface area contributed by atoms with Gasteiger partial charge in [-0.05, 0) is 70.5 Å². The van der Waals surface area contributed by atoms with Crippen LogP contribution in [0.4, 0.5) is 0 Å². The molecule has 0 spiro atoms. The number of carbonyl (C=O) groups is 2. The second-order valence-electron chi connectivity index (χ2n) is 7.13. The summed E-state index contributed by atoms with van der Waals surface area (Å²) in [6.45, 7) is 2.92. The average molecular weight is 542 g/mol. The summed E-state index contributed by atoms with van der Waals surface area (Å²) in [5, 5.41) is 2.48. The Morgan fingerprint density at radius 3 is 2.35 bits per heavy atom. The Morgan fingerprint density at radius 2 is 1.62 bits per heavy atom. The zero-order valence-electron chi connectivity index (χ0n) is 18.5. The predicted molar refractivity (Wildman–Crippen MR) is 138 cm³/mol. The number of nitrogens with one attached hydrogen (secondary N) is 3. The van der Waals surface area contributed by atoms with E-state index in [2.05, 4.69) is 32.1 Å². The first-order valence-electron chi connectivity index (χ1n) is 10.6. The van der Waals surface area contributed by atoms with E-state index in [1.54, 1.807) is 42.5 Å². The fourth-order valence-corrected chi connectivity index (χ4v) is 3.51. The van der Waals surface area contributed by atoms with E-state index in [1.165, 1.54) is 0 Å². The van der Waals surface area contributed by atoms with Crippen molar-refractivity contribution < 1.29 is 19.1 Å². The summed E-state index contributed by atoms with van der Waals surface area (Å²) in [7, 11) is 0. The van der Waals surface area contributed by atoms with Gasteiger partial charge >= 0.3 is 0 Å². The number of benzene rings is 3. The maximum atomic E-state index is 12.7. The van der Waals surface area contributed by atoms with Gasteiger partial charge in [-0.2, -0.15) is 0 Å². The zero-order valence-corrected chi connectivity index (χ0v) is 20.9. The second kappa shape index (κ2) is 12.7. The Kier molecular flexibility index (Phi) is 9.42. The number of ether oxygens (including phenoxy) is 2. The van der Waals surface area contributed by atoms with Gasteiger partial charge in [-0.3, -0.25) is 25.8 Å². The van der Waals surface area contributed by atoms with Crippen molar-refractivity contribution in [3.05, 3.63) is 94.0 Å². The summed E-state index contributed by atoms with van der Waals surface area (Å²) in [5.74, 6) is 0.192. The standard InChI is InChI=1S/C25H24BrN3O4S/c1-2-14-32-22-13-12-18(15-20(22)26)23(30)27-25(34)29-28-24(31)19-10-6-7-11-21(19)33-16-17-8-4-3-5-9-17/h3-13,15H,2,14,16H2,1H3,(H,28,31)(H2,27,29,30,34). The van der Waals surface area contributed by atoms with E-state index in [0.717, 1.165) is 12.0 Å². The van der Waals surface area contributed by atoms with Crippen LogP contribution < -0.4 is 25.6 Å². The van der Waals surface area contributed by atoms with Crippen molar-refractivity contribution >= 4 is 45.1 Å². The Balaban J connectivity index is 1.53. The molecule has 3 aromatic rings. The van der Waals surface area contributed by atoms with Crippen LogP contribution in [0.15, 0.2) is 77.3 Å². The molecule has 3 N–H and O–H groups in total. The summed E-state index contributed by atoms with van der Waals surface area (Å²) < 4.78 is 12.1. The number of thiocarbonyl (C=S) groups is 1. The summed E-state index contributed by atoms with van der Waals surface area (Å²) in [6.07, 6.45) is 0.879. The summed E-state index contributed by atoms with van der Waals surface area (Å²) in [4.78, 5) is 25.1. The molecule has 0 saturated carbocycles. The molecule has 0 atom stereocenters. The number of para-hydroxylation sites is 1. The van der Waals surface area contributed by atoms with Gasteiger partial charge < -0.3 is 9.47 Å². The topological polar surface area (TPSA) is 88.7 Å². The molecule has 0 unspecified atom stereocenters. The zero-order chi connectivity index (χ0) is 24.3. The number of hydrogen-bond acceptors (Lipinski definition) is 5. The van der Waals surface area contributed by atoms with Crippen LogP contribution in [0.5, 0.6) is 11.5 Å². The Hall–Kier alpha value is -3.43. The van der Waals surface area contributed by atoms with Gasteiger partial charge in [0.1, 0.15) is 18.1 Å². The van der Waals surface area contributed by atoms with Crippen molar-refractivity contribution in [2.24, 2.45) is 0 Å². The van der Waals surface area contributed by atoms with Crippen LogP contribution in [0.3, 0.4) is 0 Å². The molecule has 0 heterocycles. The first kappa shape index (κ1) is 25.2. The third-order valence-corrected chi connectivity index (χ3v) is 5.37. The molecule has 0 aliphatic rings. The van der Waals surface area contributed by atoms with E-state index in [0.29, 0.717) is 40.3 Å². The summed E-state index contributed by atoms with van der Waals surface area (Å²) in [6, 6.07) is 21.5. The SMILES string of the molecule is CCCOc1ccc(C(=O)NC(=S)NNC(=O)c2ccccc2OCc2ccccc2)cc1Br. The van der Waals surface area contributed by atoms with Crippen molar-refractivity contribution in [2.75, 3.05) is 6.61 Å². The number of hydrazine groups is 1. The molecule has 0 aliphatic heterocycles. The second-order valence-corrected chi connectivity index (χ2v) is 8.39. The highest BCUT2D eigenvalue weighted by Gasteiger charge is 2.14. The lowest BCUT2D eigenvalue weighted by Gasteiger charge is -2.14. The fourth-order valence-electron chi connectivity index (χ4n) is 2.87. The molecule has 7 nitrogen and oxygen atoms in total. The van der Waals surface area contributed by atoms with E-state index in [-0.39, 0.29) is 5.11 Å². The Bertz CT molecular complexity index is 1160. The molecule has 3 rings (SSSR count). The Morgan fingerprint density at radius 1 is 0.882 bits per heavy atom. The molecule has 9 heteroatoms. The molecule has 2 amide bonds. The predicted octanol–water partition coefficient (Wildman–Crippen LogP) is 4.77. The van der Waals surface area contributed by atoms with Crippen LogP contribution in [0.1, 0.15) is 39.6 Å². The number of hydrogen-bond donors (Lipinski definition) is 3. The van der Waals surface area contributed by atoms with Gasteiger partial charge in [0.05, 0.1) is 16.6 Å². The lowest BCUT2D eigenvalue weighted by atomic mass is 10.2. The highest BCUT2D eigenvalue weighted by Crippen LogP contribution is 2.26. The maximum Gasteiger partial charge on any atom is 0.273 e. The van der Waals surface area contributed by atoms with Gasteiger partial charge in [0.2, 0.25) is 0 Å². The first-order chi connectivity index (χ1) is 16.5. The maximum absolute atomic E-state index is 12.7. The minimum absolute atomic E-state index is 0.0523. The van der Waals surface area contributed by atoms with E-state index in [1.807, 2.05) is 37.3 Å². The third-order valence-electron chi connectivity index (χ3n) is 4.54. The van der Waals surface area contributed by atoms with Crippen LogP contribution in [-0.4, -0.2) is 23.5 Å². The quantitative estimate of drug-likeness (QED) is 0.281. The van der Waals surface area contributed by atoms with Crippen LogP contribution in [0.2, 0.25) is 0 Å². The van der Waals surface area contributed by atoms with Crippen molar-refractivity contribution in [3.8, 4) is 11.5 Å². The van der Waals surface area contributed by atoms with Crippen LogP contribution in [0.25, 0.3) is 0 Å². The lowest BCUT2D eigenvalue weighted by Crippen LogP contribution is -2.48. The van der Waals surface area contributed by atoms with Crippen LogP contribution in [0, 0.1) is 0 Å². The average Bonchev–Trinajstić information content (AvgIpc) is 2.86. The molecule has 0 radical (unpaired) electrons. The van der Waals surface area contributed by atoms with Gasteiger partial charge in [0.15, 0.2) is 5.11 Å². The lowest BCUT2D eigenvalue weighted by molar-refractivity contribution is 0.0930. The van der Waals surface area contributed by atoms with E-state index < -0.39 is 11.8 Å². The van der Waals surface area contributed by atoms with Crippen molar-refractivity contribution in [1.82, 2.24) is 16.2 Å². The minimum atomic E-state index is -0.458. The molecule has 0 bridgehead atoms. The molecule has 176 valence electrons. The van der Waals surface area contributed by atoms with Crippen LogP contribution in [-0.2, 0) is 6.61 Å². The highest BCUT2D eigenvalue weighted by atomic mass is 79.9. The van der Waals surface area contributed by atoms with Gasteiger partial charge in [0.25, 0.3) is 11.8 Å². The molecule has 0 fully saturated rings. The summed E-state index contributed by atoms with van der Waals surface area (Å²) in [5.41, 5.74) is 6.72. The highest BCUT2D eigenvalue weighted by molar-refractivity contribution is 9.10. The van der Waals surface area contributed by atoms with Crippen molar-refractivity contribution in [1.29, 1.82) is 0 Å². The molecular formula is C25H24BrN3O4S. The molecule has 3 aromatic carbocycles. The number of rotatable bonds is 8. The third kappa shape index (κ3) is 7.29. The first-order valence-corrected chi connectivity index (χ1v) is 11.8. The number of halogens is 1. The summed E-state index contributed by atoms with van der Waals surface area (Å²) >= 11 is 8.54. The minimum Gasteiger partial charge on any atom is -0.492 e. The molecule has 0 aliphatic carbocycles. The van der Waals surface area contributed by atoms with E-state index >= 15 is 0 Å². The molecule has 0 saturated heterocycles. The van der Waals surface area contributed by atoms with Gasteiger partial charge in [-0.1, -0.05) is 49.4 Å². The van der Waals surface area contributed by atoms with Gasteiger partial charge in [-0.25, -0.2) is 0 Å². The van der Waals surface area contributed by atoms with E-state index in [4.69, 9.17) is 21.7 Å². The molecule has 0 aromatic heterocycles. The fraction of sp³-hybridized carbons (Fsp3) is 0.160. The van der Waals surface area contributed by atoms with Crippen molar-refractivity contribution in [3.63, 3.8) is 0 Å². The normalized spacial score (nSPS) is 10.2. The van der Waals surface area contributed by atoms with Crippen molar-refractivity contribution in [2.45, 2.75) is 20.0 Å².